The summed E-state index contributed by atoms with van der Waals surface area (Å²) in [5.74, 6) is -2.77. The maximum Gasteiger partial charge on any atom is 0.0678 e. The number of carboxylic acid groups (broad SMARTS) is 2. The van der Waals surface area contributed by atoms with E-state index in [1.165, 1.54) is 0 Å². The van der Waals surface area contributed by atoms with E-state index in [4.69, 9.17) is 0 Å². The third-order valence-corrected chi connectivity index (χ3v) is 4.58. The van der Waals surface area contributed by atoms with Crippen molar-refractivity contribution >= 4 is 11.9 Å². The van der Waals surface area contributed by atoms with Crippen molar-refractivity contribution < 1.29 is 19.8 Å². The van der Waals surface area contributed by atoms with E-state index in [1.807, 2.05) is 27.7 Å². The van der Waals surface area contributed by atoms with Crippen molar-refractivity contribution in [1.82, 2.24) is 0 Å². The fourth-order valence-electron chi connectivity index (χ4n) is 3.05. The smallest absolute Gasteiger partial charge is 0.0678 e. The van der Waals surface area contributed by atoms with E-state index < -0.39 is 11.9 Å². The second kappa shape index (κ2) is 9.85. The maximum absolute atomic E-state index is 11.6. The molecule has 0 aliphatic heterocycles. The summed E-state index contributed by atoms with van der Waals surface area (Å²) < 4.78 is 0. The Bertz CT molecular complexity index is 416. The Hall–Kier alpha value is -1.32. The Morgan fingerprint density at radius 2 is 1.00 bits per heavy atom. The van der Waals surface area contributed by atoms with Crippen molar-refractivity contribution in [2.45, 2.75) is 92.9 Å². The molecule has 0 spiro atoms. The van der Waals surface area contributed by atoms with E-state index in [1.54, 1.807) is 0 Å². The molecule has 0 saturated carbocycles. The SMILES string of the molecule is CCCCC(C)(C)C/C(C(=O)[O-])=C(\CC(C)(C)CCCC)C(=O)[O-]. The van der Waals surface area contributed by atoms with Gasteiger partial charge in [-0.1, -0.05) is 67.2 Å². The van der Waals surface area contributed by atoms with Crippen molar-refractivity contribution in [3.63, 3.8) is 0 Å². The lowest BCUT2D eigenvalue weighted by Crippen LogP contribution is -2.35. The normalized spacial score (nSPS) is 13.6. The van der Waals surface area contributed by atoms with E-state index in [9.17, 15) is 19.8 Å². The van der Waals surface area contributed by atoms with Crippen LogP contribution in [0.25, 0.3) is 0 Å². The Kier molecular flexibility index (Phi) is 9.31. The Balaban J connectivity index is 5.59. The third-order valence-electron chi connectivity index (χ3n) is 4.58. The predicted molar refractivity (Wildman–Crippen MR) is 92.9 cm³/mol. The highest BCUT2D eigenvalue weighted by Crippen LogP contribution is 2.36. The van der Waals surface area contributed by atoms with Crippen LogP contribution in [-0.4, -0.2) is 11.9 Å². The van der Waals surface area contributed by atoms with Gasteiger partial charge in [0.05, 0.1) is 11.9 Å². The Morgan fingerprint density at radius 1 is 0.708 bits per heavy atom. The molecule has 0 radical (unpaired) electrons. The molecule has 0 atom stereocenters. The molecule has 140 valence electrons. The molecule has 0 amide bonds. The summed E-state index contributed by atoms with van der Waals surface area (Å²) in [6, 6.07) is 0. The van der Waals surface area contributed by atoms with Gasteiger partial charge in [-0.3, -0.25) is 0 Å². The number of carbonyl (C=O) groups excluding carboxylic acids is 2. The van der Waals surface area contributed by atoms with Crippen LogP contribution >= 0.6 is 0 Å². The van der Waals surface area contributed by atoms with Crippen molar-refractivity contribution in [3.8, 4) is 0 Å². The molecule has 0 aromatic heterocycles. The number of carbonyl (C=O) groups is 2. The minimum atomic E-state index is -1.38. The second-order valence-electron chi connectivity index (χ2n) is 8.42. The van der Waals surface area contributed by atoms with Gasteiger partial charge < -0.3 is 19.8 Å². The average molecular weight is 338 g/mol. The van der Waals surface area contributed by atoms with Crippen LogP contribution in [0.2, 0.25) is 0 Å². The van der Waals surface area contributed by atoms with Gasteiger partial charge in [0.1, 0.15) is 0 Å². The van der Waals surface area contributed by atoms with Gasteiger partial charge in [0.2, 0.25) is 0 Å². The van der Waals surface area contributed by atoms with Crippen LogP contribution in [0, 0.1) is 10.8 Å². The number of hydrogen-bond acceptors (Lipinski definition) is 4. The zero-order chi connectivity index (χ0) is 19.0. The van der Waals surface area contributed by atoms with Gasteiger partial charge in [-0.2, -0.15) is 0 Å². The molecule has 24 heavy (non-hydrogen) atoms. The summed E-state index contributed by atoms with van der Waals surface area (Å²) >= 11 is 0. The topological polar surface area (TPSA) is 80.3 Å². The maximum atomic E-state index is 11.6. The fourth-order valence-corrected chi connectivity index (χ4v) is 3.05. The number of rotatable bonds is 12. The van der Waals surface area contributed by atoms with Crippen LogP contribution in [0.3, 0.4) is 0 Å². The monoisotopic (exact) mass is 338 g/mol. The zero-order valence-corrected chi connectivity index (χ0v) is 16.3. The van der Waals surface area contributed by atoms with Crippen LogP contribution in [0.15, 0.2) is 11.1 Å². The van der Waals surface area contributed by atoms with Crippen LogP contribution in [0.4, 0.5) is 0 Å². The third kappa shape index (κ3) is 8.51. The average Bonchev–Trinajstić information content (AvgIpc) is 2.46. The van der Waals surface area contributed by atoms with Crippen molar-refractivity contribution in [3.05, 3.63) is 11.1 Å². The molecular weight excluding hydrogens is 304 g/mol. The van der Waals surface area contributed by atoms with Crippen LogP contribution < -0.4 is 10.2 Å². The van der Waals surface area contributed by atoms with E-state index in [0.29, 0.717) is 0 Å². The van der Waals surface area contributed by atoms with Crippen LogP contribution in [-0.2, 0) is 9.59 Å². The summed E-state index contributed by atoms with van der Waals surface area (Å²) in [6.45, 7) is 12.0. The van der Waals surface area contributed by atoms with Crippen LogP contribution in [0.1, 0.15) is 92.9 Å². The lowest BCUT2D eigenvalue weighted by atomic mass is 9.76. The molecule has 4 heteroatoms. The number of hydrogen-bond donors (Lipinski definition) is 0. The number of carboxylic acids is 2. The lowest BCUT2D eigenvalue weighted by Gasteiger charge is -2.32. The molecule has 0 unspecified atom stereocenters. The molecule has 4 nitrogen and oxygen atoms in total. The zero-order valence-electron chi connectivity index (χ0n) is 16.3. The Labute approximate surface area is 147 Å². The van der Waals surface area contributed by atoms with Crippen molar-refractivity contribution in [2.75, 3.05) is 0 Å². The van der Waals surface area contributed by atoms with Gasteiger partial charge in [0, 0.05) is 0 Å². The highest BCUT2D eigenvalue weighted by molar-refractivity contribution is 5.97. The highest BCUT2D eigenvalue weighted by atomic mass is 16.4. The molecule has 0 aromatic rings. The molecule has 0 heterocycles. The minimum Gasteiger partial charge on any atom is -0.545 e. The quantitative estimate of drug-likeness (QED) is 0.512. The summed E-state index contributed by atoms with van der Waals surface area (Å²) in [5, 5.41) is 23.3. The fraction of sp³-hybridized carbons (Fsp3) is 0.800. The first kappa shape index (κ1) is 22.7. The predicted octanol–water partition coefficient (Wildman–Crippen LogP) is 3.00. The molecule has 0 bridgehead atoms. The van der Waals surface area contributed by atoms with Gasteiger partial charge in [-0.25, -0.2) is 0 Å². The number of aliphatic carboxylic acids is 2. The van der Waals surface area contributed by atoms with E-state index >= 15 is 0 Å². The molecule has 0 N–H and O–H groups in total. The van der Waals surface area contributed by atoms with Crippen molar-refractivity contribution in [1.29, 1.82) is 0 Å². The molecule has 0 aliphatic rings. The highest BCUT2D eigenvalue weighted by Gasteiger charge is 2.26. The summed E-state index contributed by atoms with van der Waals surface area (Å²) in [6.07, 6.45) is 6.09. The lowest BCUT2D eigenvalue weighted by molar-refractivity contribution is -0.304. The van der Waals surface area contributed by atoms with Gasteiger partial charge in [0.25, 0.3) is 0 Å². The van der Waals surface area contributed by atoms with E-state index in [0.717, 1.165) is 38.5 Å². The second-order valence-corrected chi connectivity index (χ2v) is 8.42. The molecule has 0 rings (SSSR count). The first-order valence-electron chi connectivity index (χ1n) is 9.10. The molecule has 0 aliphatic carbocycles. The molecule has 0 fully saturated rings. The van der Waals surface area contributed by atoms with E-state index in [-0.39, 0.29) is 34.8 Å². The molecule has 0 saturated heterocycles. The minimum absolute atomic E-state index is 0.0966. The summed E-state index contributed by atoms with van der Waals surface area (Å²) in [7, 11) is 0. The van der Waals surface area contributed by atoms with Gasteiger partial charge >= 0.3 is 0 Å². The first-order valence-corrected chi connectivity index (χ1v) is 9.10. The van der Waals surface area contributed by atoms with Crippen LogP contribution in [0.5, 0.6) is 0 Å². The number of unbranched alkanes of at least 4 members (excludes halogenated alkanes) is 2. The van der Waals surface area contributed by atoms with Gasteiger partial charge in [0.15, 0.2) is 0 Å². The summed E-state index contributed by atoms with van der Waals surface area (Å²) in [4.78, 5) is 23.3. The van der Waals surface area contributed by atoms with E-state index in [2.05, 4.69) is 13.8 Å². The van der Waals surface area contributed by atoms with Gasteiger partial charge in [-0.05, 0) is 47.7 Å². The molecule has 0 aromatic carbocycles. The molecular formula is C20H34O4-2. The van der Waals surface area contributed by atoms with Gasteiger partial charge in [-0.15, -0.1) is 0 Å². The largest absolute Gasteiger partial charge is 0.545 e. The summed E-state index contributed by atoms with van der Waals surface area (Å²) in [5.41, 5.74) is -0.749. The Morgan fingerprint density at radius 3 is 1.21 bits per heavy atom. The first-order chi connectivity index (χ1) is 11.0. The standard InChI is InChI=1S/C20H36O4/c1-7-9-11-19(3,4)13-15(17(21)22)16(18(23)24)14-20(5,6)12-10-8-2/h7-14H2,1-6H3,(H,21,22)(H,23,24)/p-2/b16-15-. The van der Waals surface area contributed by atoms with Crippen molar-refractivity contribution in [2.24, 2.45) is 10.8 Å².